The highest BCUT2D eigenvalue weighted by Crippen LogP contribution is 2.29. The second kappa shape index (κ2) is 12.1. The molecule has 120 valence electrons. The van der Waals surface area contributed by atoms with Gasteiger partial charge < -0.3 is 15.3 Å². The van der Waals surface area contributed by atoms with Crippen LogP contribution < -0.4 is 0 Å². The summed E-state index contributed by atoms with van der Waals surface area (Å²) >= 11 is 0. The van der Waals surface area contributed by atoms with Crippen LogP contribution in [0.1, 0.15) is 64.4 Å². The summed E-state index contributed by atoms with van der Waals surface area (Å²) in [5.41, 5.74) is 0.860. The highest BCUT2D eigenvalue weighted by Gasteiger charge is 2.04. The number of unbranched alkanes of at least 4 members (excludes halogenated alkanes) is 6. The minimum atomic E-state index is -0.833. The molecule has 0 atom stereocenters. The largest absolute Gasteiger partial charge is 0.504 e. The van der Waals surface area contributed by atoms with E-state index in [1.807, 2.05) is 6.07 Å². The molecule has 0 bridgehead atoms. The number of para-hydroxylation sites is 1. The first-order valence-corrected chi connectivity index (χ1v) is 7.68. The lowest BCUT2D eigenvalue weighted by Crippen LogP contribution is -1.87. The van der Waals surface area contributed by atoms with E-state index in [-0.39, 0.29) is 11.5 Å². The van der Waals surface area contributed by atoms with E-state index in [2.05, 4.69) is 6.92 Å². The van der Waals surface area contributed by atoms with Crippen molar-refractivity contribution in [1.29, 1.82) is 0 Å². The number of hydrogen-bond acceptors (Lipinski definition) is 3. The lowest BCUT2D eigenvalue weighted by atomic mass is 10.0. The van der Waals surface area contributed by atoms with Crippen LogP contribution >= 0.6 is 0 Å². The smallest absolute Gasteiger partial charge is 0.300 e. The molecule has 4 heteroatoms. The van der Waals surface area contributed by atoms with E-state index in [0.29, 0.717) is 0 Å². The Balaban J connectivity index is 0.000000885. The average molecular weight is 296 g/mol. The van der Waals surface area contributed by atoms with Crippen molar-refractivity contribution in [3.8, 4) is 11.5 Å². The fourth-order valence-electron chi connectivity index (χ4n) is 2.05. The number of phenolic OH excluding ortho intramolecular Hbond substituents is 2. The molecule has 0 unspecified atom stereocenters. The number of hydrogen-bond donors (Lipinski definition) is 3. The standard InChI is InChI=1S/C15H24O2.C2H4O2/c1-2-3-4-5-6-7-8-10-13-11-9-12-14(16)15(13)17;1-2(3)4/h9,11-12,16-17H,2-8,10H2,1H3;1H3,(H,3,4). The Morgan fingerprint density at radius 1 is 1.00 bits per heavy atom. The van der Waals surface area contributed by atoms with E-state index < -0.39 is 5.97 Å². The zero-order chi connectivity index (χ0) is 16.1. The van der Waals surface area contributed by atoms with Crippen LogP contribution in [0.5, 0.6) is 11.5 Å². The number of carboxylic acids is 1. The van der Waals surface area contributed by atoms with Crippen LogP contribution in [0.25, 0.3) is 0 Å². The maximum Gasteiger partial charge on any atom is 0.300 e. The number of rotatable bonds is 8. The van der Waals surface area contributed by atoms with Crippen molar-refractivity contribution in [2.75, 3.05) is 0 Å². The summed E-state index contributed by atoms with van der Waals surface area (Å²) in [6.07, 6.45) is 9.72. The molecule has 1 rings (SSSR count). The first-order valence-electron chi connectivity index (χ1n) is 7.68. The summed E-state index contributed by atoms with van der Waals surface area (Å²) in [5.74, 6) is -0.788. The van der Waals surface area contributed by atoms with Crippen molar-refractivity contribution < 1.29 is 20.1 Å². The van der Waals surface area contributed by atoms with Crippen LogP contribution in [-0.4, -0.2) is 21.3 Å². The van der Waals surface area contributed by atoms with Crippen LogP contribution in [0, 0.1) is 0 Å². The minimum absolute atomic E-state index is 0.00885. The maximum atomic E-state index is 9.62. The molecular formula is C17H28O4. The molecule has 21 heavy (non-hydrogen) atoms. The molecule has 0 fully saturated rings. The van der Waals surface area contributed by atoms with Crippen LogP contribution in [0.4, 0.5) is 0 Å². The van der Waals surface area contributed by atoms with Crippen molar-refractivity contribution in [3.63, 3.8) is 0 Å². The maximum absolute atomic E-state index is 9.62. The molecule has 3 N–H and O–H groups in total. The molecule has 0 saturated heterocycles. The molecule has 0 aromatic heterocycles. The van der Waals surface area contributed by atoms with Gasteiger partial charge in [0.2, 0.25) is 0 Å². The number of phenols is 2. The average Bonchev–Trinajstić information content (AvgIpc) is 2.42. The summed E-state index contributed by atoms with van der Waals surface area (Å²) < 4.78 is 0. The first kappa shape index (κ1) is 19.3. The normalized spacial score (nSPS) is 9.81. The molecular weight excluding hydrogens is 268 g/mol. The summed E-state index contributed by atoms with van der Waals surface area (Å²) in [7, 11) is 0. The highest BCUT2D eigenvalue weighted by molar-refractivity contribution is 5.62. The third kappa shape index (κ3) is 10.7. The number of carboxylic acid groups (broad SMARTS) is 1. The molecule has 0 amide bonds. The van der Waals surface area contributed by atoms with Gasteiger partial charge in [-0.05, 0) is 24.5 Å². The van der Waals surface area contributed by atoms with Gasteiger partial charge in [-0.25, -0.2) is 0 Å². The van der Waals surface area contributed by atoms with E-state index in [1.54, 1.807) is 6.07 Å². The zero-order valence-electron chi connectivity index (χ0n) is 13.1. The zero-order valence-corrected chi connectivity index (χ0v) is 13.1. The Morgan fingerprint density at radius 3 is 2.10 bits per heavy atom. The van der Waals surface area contributed by atoms with Crippen molar-refractivity contribution in [1.82, 2.24) is 0 Å². The summed E-state index contributed by atoms with van der Waals surface area (Å²) in [6, 6.07) is 5.18. The topological polar surface area (TPSA) is 77.8 Å². The van der Waals surface area contributed by atoms with E-state index in [4.69, 9.17) is 9.90 Å². The van der Waals surface area contributed by atoms with Crippen molar-refractivity contribution in [2.45, 2.75) is 65.2 Å². The lowest BCUT2D eigenvalue weighted by Gasteiger charge is -2.05. The molecule has 0 aliphatic rings. The van der Waals surface area contributed by atoms with Gasteiger partial charge in [0.1, 0.15) is 0 Å². The Labute approximate surface area is 127 Å². The van der Waals surface area contributed by atoms with Crippen LogP contribution in [-0.2, 0) is 11.2 Å². The molecule has 0 heterocycles. The molecule has 0 spiro atoms. The predicted molar refractivity (Wildman–Crippen MR) is 84.8 cm³/mol. The van der Waals surface area contributed by atoms with Gasteiger partial charge in [-0.15, -0.1) is 0 Å². The van der Waals surface area contributed by atoms with Crippen LogP contribution in [0.15, 0.2) is 18.2 Å². The van der Waals surface area contributed by atoms with Gasteiger partial charge in [-0.1, -0.05) is 57.6 Å². The summed E-state index contributed by atoms with van der Waals surface area (Å²) in [4.78, 5) is 9.00. The monoisotopic (exact) mass is 296 g/mol. The van der Waals surface area contributed by atoms with Gasteiger partial charge in [0.15, 0.2) is 11.5 Å². The third-order valence-corrected chi connectivity index (χ3v) is 3.15. The Bertz CT molecular complexity index is 398. The molecule has 0 aliphatic carbocycles. The fourth-order valence-corrected chi connectivity index (χ4v) is 2.05. The number of carbonyl (C=O) groups is 1. The molecule has 0 radical (unpaired) electrons. The molecule has 1 aromatic rings. The van der Waals surface area contributed by atoms with E-state index >= 15 is 0 Å². The van der Waals surface area contributed by atoms with Gasteiger partial charge >= 0.3 is 0 Å². The quantitative estimate of drug-likeness (QED) is 0.488. The predicted octanol–water partition coefficient (Wildman–Crippen LogP) is 4.48. The summed E-state index contributed by atoms with van der Waals surface area (Å²) in [6.45, 7) is 3.31. The SMILES string of the molecule is CC(=O)O.CCCCCCCCCc1cccc(O)c1O. The van der Waals surface area contributed by atoms with Crippen molar-refractivity contribution >= 4 is 5.97 Å². The van der Waals surface area contributed by atoms with Crippen molar-refractivity contribution in [2.24, 2.45) is 0 Å². The van der Waals surface area contributed by atoms with Gasteiger partial charge in [-0.2, -0.15) is 0 Å². The molecule has 0 aliphatic heterocycles. The first-order chi connectivity index (χ1) is 9.99. The van der Waals surface area contributed by atoms with E-state index in [1.165, 1.54) is 44.6 Å². The molecule has 0 saturated carbocycles. The minimum Gasteiger partial charge on any atom is -0.504 e. The van der Waals surface area contributed by atoms with E-state index in [9.17, 15) is 10.2 Å². The number of aromatic hydroxyl groups is 2. The number of aryl methyl sites for hydroxylation is 1. The molecule has 4 nitrogen and oxygen atoms in total. The fraction of sp³-hybridized carbons (Fsp3) is 0.588. The van der Waals surface area contributed by atoms with Crippen LogP contribution in [0.2, 0.25) is 0 Å². The highest BCUT2D eigenvalue weighted by atomic mass is 16.4. The van der Waals surface area contributed by atoms with Gasteiger partial charge in [0, 0.05) is 6.92 Å². The number of benzene rings is 1. The second-order valence-corrected chi connectivity index (χ2v) is 5.18. The Kier molecular flexibility index (Phi) is 11.1. The third-order valence-electron chi connectivity index (χ3n) is 3.15. The van der Waals surface area contributed by atoms with Gasteiger partial charge in [-0.3, -0.25) is 4.79 Å². The lowest BCUT2D eigenvalue weighted by molar-refractivity contribution is -0.134. The second-order valence-electron chi connectivity index (χ2n) is 5.18. The van der Waals surface area contributed by atoms with E-state index in [0.717, 1.165) is 25.3 Å². The van der Waals surface area contributed by atoms with Crippen molar-refractivity contribution in [3.05, 3.63) is 23.8 Å². The Hall–Kier alpha value is -1.71. The Morgan fingerprint density at radius 2 is 1.52 bits per heavy atom. The van der Waals surface area contributed by atoms with Gasteiger partial charge in [0.25, 0.3) is 5.97 Å². The molecule has 1 aromatic carbocycles. The summed E-state index contributed by atoms with van der Waals surface area (Å²) in [5, 5.41) is 26.4. The van der Waals surface area contributed by atoms with Crippen LogP contribution in [0.3, 0.4) is 0 Å². The number of aliphatic carboxylic acids is 1. The van der Waals surface area contributed by atoms with Gasteiger partial charge in [0.05, 0.1) is 0 Å².